The first kappa shape index (κ1) is 39.3. The highest BCUT2D eigenvalue weighted by Crippen LogP contribution is 2.65. The minimum atomic E-state index is -3.56. The molecule has 4 aliphatic carbocycles. The second-order valence-corrected chi connectivity index (χ2v) is 20.8. The number of hydrogen-bond donors (Lipinski definition) is 4. The number of carbonyl (C=O) groups excluding carboxylic acids is 5. The Bertz CT molecular complexity index is 1500. The van der Waals surface area contributed by atoms with E-state index in [-0.39, 0.29) is 41.4 Å². The molecule has 4 saturated carbocycles. The van der Waals surface area contributed by atoms with Crippen molar-refractivity contribution in [1.29, 1.82) is 0 Å². The largest absolute Gasteiger partial charge is 0.346 e. The highest BCUT2D eigenvalue weighted by atomic mass is 32.2. The predicted octanol–water partition coefficient (Wildman–Crippen LogP) is 3.79. The van der Waals surface area contributed by atoms with Gasteiger partial charge in [0.2, 0.25) is 17.6 Å². The smallest absolute Gasteiger partial charge is 0.315 e. The number of sulfone groups is 1. The maximum Gasteiger partial charge on any atom is 0.315 e. The van der Waals surface area contributed by atoms with Crippen molar-refractivity contribution in [2.75, 3.05) is 18.8 Å². The lowest BCUT2D eigenvalue weighted by molar-refractivity contribution is -0.145. The zero-order chi connectivity index (χ0) is 37.6. The normalized spacial score (nSPS) is 27.3. The van der Waals surface area contributed by atoms with Crippen LogP contribution in [0.3, 0.4) is 0 Å². The molecular formula is C38H61N5O7S. The van der Waals surface area contributed by atoms with Crippen LogP contribution in [-0.4, -0.2) is 90.1 Å². The van der Waals surface area contributed by atoms with E-state index in [0.29, 0.717) is 38.6 Å². The van der Waals surface area contributed by atoms with E-state index in [4.69, 9.17) is 0 Å². The summed E-state index contributed by atoms with van der Waals surface area (Å²) in [4.78, 5) is 70.5. The molecule has 286 valence electrons. The van der Waals surface area contributed by atoms with Crippen LogP contribution in [0.4, 0.5) is 4.79 Å². The van der Waals surface area contributed by atoms with Gasteiger partial charge in [-0.05, 0) is 81.5 Å². The Hall–Kier alpha value is -2.96. The first-order valence-electron chi connectivity index (χ1n) is 19.1. The Kier molecular flexibility index (Phi) is 11.1. The number of Topliss-reactive ketones (excluding diaryl/α,β-unsaturated/α-hetero) is 1. The van der Waals surface area contributed by atoms with Gasteiger partial charge in [-0.2, -0.15) is 0 Å². The Labute approximate surface area is 304 Å². The van der Waals surface area contributed by atoms with E-state index in [1.54, 1.807) is 25.7 Å². The van der Waals surface area contributed by atoms with Gasteiger partial charge in [0.25, 0.3) is 5.91 Å². The van der Waals surface area contributed by atoms with Crippen LogP contribution in [0, 0.1) is 28.6 Å². The number of nitrogens with one attached hydrogen (secondary N) is 4. The summed E-state index contributed by atoms with van der Waals surface area (Å²) in [5.74, 6) is -2.27. The average Bonchev–Trinajstić information content (AvgIpc) is 3.80. The molecule has 5 rings (SSSR count). The lowest BCUT2D eigenvalue weighted by Gasteiger charge is -2.42. The molecule has 1 aliphatic heterocycles. The summed E-state index contributed by atoms with van der Waals surface area (Å²) in [5, 5.41) is 11.5. The maximum absolute atomic E-state index is 14.8. The Balaban J connectivity index is 1.38. The number of likely N-dealkylation sites (tertiary alicyclic amines) is 1. The molecule has 12 nitrogen and oxygen atoms in total. The quantitative estimate of drug-likeness (QED) is 0.156. The van der Waals surface area contributed by atoms with E-state index < -0.39 is 67.3 Å². The number of ketones is 1. The molecule has 4 N–H and O–H groups in total. The molecule has 51 heavy (non-hydrogen) atoms. The van der Waals surface area contributed by atoms with Crippen molar-refractivity contribution in [3.63, 3.8) is 0 Å². The number of urea groups is 1. The number of carbonyl (C=O) groups is 5. The van der Waals surface area contributed by atoms with Gasteiger partial charge in [0, 0.05) is 13.1 Å². The lowest BCUT2D eigenvalue weighted by Crippen LogP contribution is -2.64. The van der Waals surface area contributed by atoms with Gasteiger partial charge in [-0.25, -0.2) is 13.2 Å². The molecule has 2 unspecified atom stereocenters. The molecule has 13 heteroatoms. The van der Waals surface area contributed by atoms with Gasteiger partial charge in [-0.3, -0.25) is 19.2 Å². The van der Waals surface area contributed by atoms with Gasteiger partial charge in [-0.15, -0.1) is 6.58 Å². The molecule has 0 bridgehead atoms. The number of piperidine rings is 1. The van der Waals surface area contributed by atoms with E-state index >= 15 is 0 Å². The minimum absolute atomic E-state index is 0.0737. The van der Waals surface area contributed by atoms with Crippen LogP contribution in [0.25, 0.3) is 0 Å². The molecule has 5 atom stereocenters. The topological polar surface area (TPSA) is 171 Å². The number of amides is 5. The van der Waals surface area contributed by atoms with E-state index in [1.165, 1.54) is 6.08 Å². The summed E-state index contributed by atoms with van der Waals surface area (Å²) in [6, 6.07) is -3.37. The van der Waals surface area contributed by atoms with Crippen LogP contribution < -0.4 is 21.3 Å². The molecule has 0 aromatic rings. The Morgan fingerprint density at radius 1 is 0.922 bits per heavy atom. The molecule has 5 aliphatic rings. The van der Waals surface area contributed by atoms with Gasteiger partial charge >= 0.3 is 6.03 Å². The third-order valence-electron chi connectivity index (χ3n) is 12.8. The second kappa shape index (κ2) is 14.5. The highest BCUT2D eigenvalue weighted by Gasteiger charge is 2.70. The van der Waals surface area contributed by atoms with Gasteiger partial charge < -0.3 is 26.2 Å². The highest BCUT2D eigenvalue weighted by molar-refractivity contribution is 7.92. The molecule has 5 fully saturated rings. The van der Waals surface area contributed by atoms with E-state index in [1.807, 2.05) is 6.92 Å². The minimum Gasteiger partial charge on any atom is -0.346 e. The van der Waals surface area contributed by atoms with Crippen molar-refractivity contribution in [2.45, 2.75) is 147 Å². The van der Waals surface area contributed by atoms with Crippen molar-refractivity contribution in [3.05, 3.63) is 12.7 Å². The molecule has 5 amide bonds. The fourth-order valence-corrected chi connectivity index (χ4v) is 10.6. The summed E-state index contributed by atoms with van der Waals surface area (Å²) in [6.07, 6.45) is 10.5. The summed E-state index contributed by atoms with van der Waals surface area (Å²) >= 11 is 0. The SMILES string of the molecule is C=CCNC(=O)C(=O)C(CC1CC1)NC(=O)[C@@H]1C2[C@H](CN1C(=O)[C@@H](NC(=O)NC1(CS(=O)(=O)C(C)(C)C)CCCCC1)C1(C)CCCC1)C2(C)C. The molecule has 0 aromatic heterocycles. The van der Waals surface area contributed by atoms with Crippen molar-refractivity contribution in [1.82, 2.24) is 26.2 Å². The van der Waals surface area contributed by atoms with Gasteiger partial charge in [0.05, 0.1) is 22.1 Å². The van der Waals surface area contributed by atoms with Crippen molar-refractivity contribution >= 4 is 39.4 Å². The average molecular weight is 732 g/mol. The molecule has 0 radical (unpaired) electrons. The molecule has 0 spiro atoms. The first-order chi connectivity index (χ1) is 23.8. The molecular weight excluding hydrogens is 671 g/mol. The zero-order valence-corrected chi connectivity index (χ0v) is 32.4. The van der Waals surface area contributed by atoms with Crippen LogP contribution in [0.2, 0.25) is 0 Å². The fraction of sp³-hybridized carbons (Fsp3) is 0.816. The summed E-state index contributed by atoms with van der Waals surface area (Å²) < 4.78 is 25.8. The van der Waals surface area contributed by atoms with Crippen molar-refractivity contribution in [3.8, 4) is 0 Å². The monoisotopic (exact) mass is 731 g/mol. The Morgan fingerprint density at radius 2 is 1.53 bits per heavy atom. The van der Waals surface area contributed by atoms with Gasteiger partial charge in [-0.1, -0.05) is 71.8 Å². The van der Waals surface area contributed by atoms with E-state index in [9.17, 15) is 32.4 Å². The third kappa shape index (κ3) is 8.33. The number of fused-ring (bicyclic) bond motifs is 1. The molecule has 1 saturated heterocycles. The molecule has 1 heterocycles. The second-order valence-electron chi connectivity index (χ2n) is 18.1. The van der Waals surface area contributed by atoms with Crippen LogP contribution in [0.15, 0.2) is 12.7 Å². The van der Waals surface area contributed by atoms with Crippen LogP contribution >= 0.6 is 0 Å². The fourth-order valence-electron chi connectivity index (χ4n) is 9.09. The summed E-state index contributed by atoms with van der Waals surface area (Å²) in [5.41, 5.74) is -1.70. The Morgan fingerprint density at radius 3 is 2.10 bits per heavy atom. The van der Waals surface area contributed by atoms with Gasteiger partial charge in [0.1, 0.15) is 12.1 Å². The lowest BCUT2D eigenvalue weighted by atomic mass is 9.79. The summed E-state index contributed by atoms with van der Waals surface area (Å²) in [7, 11) is -3.56. The zero-order valence-electron chi connectivity index (χ0n) is 31.6. The van der Waals surface area contributed by atoms with Crippen LogP contribution in [0.5, 0.6) is 0 Å². The predicted molar refractivity (Wildman–Crippen MR) is 195 cm³/mol. The number of rotatable bonds is 14. The standard InChI is InChI=1S/C38H61N5O7S/c1-8-20-39-32(46)29(44)26(21-24-14-15-24)40-31(45)28-27-25(36(27,5)6)22-43(28)33(47)30(37(7)16-12-13-17-37)41-34(48)42-38(18-10-9-11-19-38)23-51(49,50)35(2,3)4/h8,24-28,30H,1,9-23H2,2-7H3,(H,39,46)(H,40,45)(H2,41,42,48)/t25-,26?,27?,28-,30+/m0/s1. The number of nitrogens with zero attached hydrogens (tertiary/aromatic N) is 1. The number of hydrogen-bond acceptors (Lipinski definition) is 7. The molecule has 0 aromatic carbocycles. The van der Waals surface area contributed by atoms with Crippen LogP contribution in [0.1, 0.15) is 119 Å². The van der Waals surface area contributed by atoms with E-state index in [0.717, 1.165) is 44.9 Å². The van der Waals surface area contributed by atoms with E-state index in [2.05, 4.69) is 41.7 Å². The maximum atomic E-state index is 14.8. The first-order valence-corrected chi connectivity index (χ1v) is 20.8. The van der Waals surface area contributed by atoms with Gasteiger partial charge in [0.15, 0.2) is 9.84 Å². The van der Waals surface area contributed by atoms with Crippen LogP contribution in [-0.2, 0) is 29.0 Å². The summed E-state index contributed by atoms with van der Waals surface area (Å²) in [6.45, 7) is 15.2. The third-order valence-corrected chi connectivity index (χ3v) is 15.6. The van der Waals surface area contributed by atoms with Crippen molar-refractivity contribution < 1.29 is 32.4 Å². The van der Waals surface area contributed by atoms with Crippen molar-refractivity contribution in [2.24, 2.45) is 28.6 Å².